The Morgan fingerprint density at radius 3 is 2.33 bits per heavy atom. The third-order valence-electron chi connectivity index (χ3n) is 5.46. The van der Waals surface area contributed by atoms with Crippen molar-refractivity contribution >= 4 is 22.7 Å². The van der Waals surface area contributed by atoms with Crippen LogP contribution in [0.4, 0.5) is 0 Å². The van der Waals surface area contributed by atoms with E-state index in [4.69, 9.17) is 9.47 Å². The van der Waals surface area contributed by atoms with E-state index < -0.39 is 0 Å². The summed E-state index contributed by atoms with van der Waals surface area (Å²) in [6, 6.07) is 15.2. The number of aromatic nitrogens is 3. The van der Waals surface area contributed by atoms with Crippen LogP contribution in [0.25, 0.3) is 22.0 Å². The molecule has 1 atom stereocenters. The van der Waals surface area contributed by atoms with Crippen molar-refractivity contribution in [2.24, 2.45) is 7.05 Å². The molecule has 0 saturated heterocycles. The van der Waals surface area contributed by atoms with Gasteiger partial charge in [-0.15, -0.1) is 11.8 Å². The number of pyridine rings is 1. The van der Waals surface area contributed by atoms with E-state index in [1.165, 1.54) is 5.56 Å². The third kappa shape index (κ3) is 5.49. The smallest absolute Gasteiger partial charge is 0.122 e. The van der Waals surface area contributed by atoms with Gasteiger partial charge in [-0.2, -0.15) is 5.10 Å². The fraction of sp³-hybridized carbons (Fsp3) is 0.308. The zero-order chi connectivity index (χ0) is 23.4. The molecule has 4 aromatic rings. The van der Waals surface area contributed by atoms with Gasteiger partial charge >= 0.3 is 0 Å². The van der Waals surface area contributed by atoms with Gasteiger partial charge < -0.3 is 14.8 Å². The second-order valence-electron chi connectivity index (χ2n) is 8.27. The molecule has 0 saturated carbocycles. The van der Waals surface area contributed by atoms with Crippen LogP contribution in [0.5, 0.6) is 11.5 Å². The number of thioether (sulfide) groups is 1. The summed E-state index contributed by atoms with van der Waals surface area (Å²) in [6.45, 7) is 4.32. The van der Waals surface area contributed by atoms with Crippen molar-refractivity contribution in [3.05, 3.63) is 72.2 Å². The van der Waals surface area contributed by atoms with Crippen LogP contribution < -0.4 is 14.8 Å². The Bertz CT molecular complexity index is 1220. The van der Waals surface area contributed by atoms with Crippen molar-refractivity contribution in [2.45, 2.75) is 25.1 Å². The van der Waals surface area contributed by atoms with E-state index in [0.29, 0.717) is 6.04 Å². The number of methoxy groups -OCH3 is 2. The average Bonchev–Trinajstić information content (AvgIpc) is 3.26. The topological polar surface area (TPSA) is 61.2 Å². The first-order valence-corrected chi connectivity index (χ1v) is 12.0. The molecule has 0 radical (unpaired) electrons. The summed E-state index contributed by atoms with van der Waals surface area (Å²) in [5, 5.41) is 9.02. The number of nitrogens with zero attached hydrogens (tertiary/aromatic N) is 3. The van der Waals surface area contributed by atoms with E-state index >= 15 is 0 Å². The lowest BCUT2D eigenvalue weighted by Crippen LogP contribution is -2.22. The highest BCUT2D eigenvalue weighted by atomic mass is 32.2. The van der Waals surface area contributed by atoms with E-state index in [9.17, 15) is 0 Å². The van der Waals surface area contributed by atoms with Crippen molar-refractivity contribution in [3.8, 4) is 22.6 Å². The quantitative estimate of drug-likeness (QED) is 0.335. The van der Waals surface area contributed by atoms with Gasteiger partial charge in [-0.05, 0) is 41.5 Å². The lowest BCUT2D eigenvalue weighted by atomic mass is 10.0. The van der Waals surface area contributed by atoms with Gasteiger partial charge in [0.1, 0.15) is 11.5 Å². The molecule has 4 rings (SSSR count). The Hall–Kier alpha value is -3.03. The molecular formula is C26H30N4O2S. The van der Waals surface area contributed by atoms with Crippen molar-refractivity contribution < 1.29 is 9.47 Å². The molecule has 2 aromatic heterocycles. The fourth-order valence-electron chi connectivity index (χ4n) is 3.71. The van der Waals surface area contributed by atoms with Gasteiger partial charge in [0.05, 0.1) is 31.2 Å². The molecule has 0 aliphatic carbocycles. The standard InChI is InChI=1S/C26H30N4O2S/c1-17(2)28-16-33-26(20-10-23(31-4)12-24(11-20)32-5)18-6-7-25-19(8-18)9-21(13-27-25)22-14-29-30(3)15-22/h6-15,17,26,28H,16H2,1-5H3. The number of aryl methyl sites for hydroxylation is 1. The predicted octanol–water partition coefficient (Wildman–Crippen LogP) is 5.43. The molecule has 0 bridgehead atoms. The zero-order valence-corrected chi connectivity index (χ0v) is 20.5. The Morgan fingerprint density at radius 2 is 1.70 bits per heavy atom. The number of ether oxygens (including phenoxy) is 2. The summed E-state index contributed by atoms with van der Waals surface area (Å²) < 4.78 is 12.9. The molecule has 1 N–H and O–H groups in total. The SMILES string of the molecule is COc1cc(OC)cc(C(SCNC(C)C)c2ccc3ncc(-c4cnn(C)c4)cc3c2)c1. The summed E-state index contributed by atoms with van der Waals surface area (Å²) in [6.07, 6.45) is 5.78. The second-order valence-corrected chi connectivity index (χ2v) is 9.37. The largest absolute Gasteiger partial charge is 0.497 e. The van der Waals surface area contributed by atoms with E-state index in [-0.39, 0.29) is 5.25 Å². The van der Waals surface area contributed by atoms with Crippen LogP contribution in [-0.4, -0.2) is 40.9 Å². The first-order chi connectivity index (χ1) is 16.0. The summed E-state index contributed by atoms with van der Waals surface area (Å²) in [5.74, 6) is 2.40. The summed E-state index contributed by atoms with van der Waals surface area (Å²) in [5.41, 5.74) is 5.43. The van der Waals surface area contributed by atoms with Crippen LogP contribution in [0, 0.1) is 0 Å². The minimum Gasteiger partial charge on any atom is -0.497 e. The van der Waals surface area contributed by atoms with E-state index in [0.717, 1.165) is 45.0 Å². The minimum atomic E-state index is 0.103. The Labute approximate surface area is 199 Å². The molecule has 2 aromatic carbocycles. The lowest BCUT2D eigenvalue weighted by Gasteiger charge is -2.21. The van der Waals surface area contributed by atoms with Crippen LogP contribution in [0.3, 0.4) is 0 Å². The first-order valence-electron chi connectivity index (χ1n) is 10.9. The molecule has 0 aliphatic heterocycles. The highest BCUT2D eigenvalue weighted by Gasteiger charge is 2.18. The lowest BCUT2D eigenvalue weighted by molar-refractivity contribution is 0.393. The number of nitrogens with one attached hydrogen (secondary N) is 1. The van der Waals surface area contributed by atoms with E-state index in [1.807, 2.05) is 43.5 Å². The van der Waals surface area contributed by atoms with Gasteiger partial charge in [0.2, 0.25) is 0 Å². The highest BCUT2D eigenvalue weighted by molar-refractivity contribution is 7.99. The van der Waals surface area contributed by atoms with Crippen molar-refractivity contribution in [2.75, 3.05) is 20.1 Å². The summed E-state index contributed by atoms with van der Waals surface area (Å²) in [7, 11) is 5.29. The molecule has 6 nitrogen and oxygen atoms in total. The third-order valence-corrected chi connectivity index (χ3v) is 6.68. The van der Waals surface area contributed by atoms with Crippen LogP contribution in [0.15, 0.2) is 61.1 Å². The number of hydrogen-bond acceptors (Lipinski definition) is 6. The predicted molar refractivity (Wildman–Crippen MR) is 136 cm³/mol. The van der Waals surface area contributed by atoms with Crippen molar-refractivity contribution in [1.29, 1.82) is 0 Å². The summed E-state index contributed by atoms with van der Waals surface area (Å²) >= 11 is 1.85. The molecule has 0 spiro atoms. The number of rotatable bonds is 9. The molecule has 172 valence electrons. The molecule has 0 fully saturated rings. The number of benzene rings is 2. The van der Waals surface area contributed by atoms with E-state index in [2.05, 4.69) is 65.6 Å². The minimum absolute atomic E-state index is 0.103. The number of hydrogen-bond donors (Lipinski definition) is 1. The Balaban J connectivity index is 1.76. The van der Waals surface area contributed by atoms with Gasteiger partial charge in [0.15, 0.2) is 0 Å². The van der Waals surface area contributed by atoms with Gasteiger partial charge in [0, 0.05) is 53.9 Å². The van der Waals surface area contributed by atoms with Crippen LogP contribution in [-0.2, 0) is 7.05 Å². The van der Waals surface area contributed by atoms with Gasteiger partial charge in [-0.3, -0.25) is 9.67 Å². The number of fused-ring (bicyclic) bond motifs is 1. The summed E-state index contributed by atoms with van der Waals surface area (Å²) in [4.78, 5) is 4.68. The average molecular weight is 463 g/mol. The van der Waals surface area contributed by atoms with Crippen LogP contribution in [0.2, 0.25) is 0 Å². The highest BCUT2D eigenvalue weighted by Crippen LogP contribution is 2.39. The first kappa shape index (κ1) is 23.1. The van der Waals surface area contributed by atoms with Gasteiger partial charge in [-0.1, -0.05) is 19.9 Å². The molecule has 2 heterocycles. The molecule has 7 heteroatoms. The molecule has 1 unspecified atom stereocenters. The zero-order valence-electron chi connectivity index (χ0n) is 19.7. The van der Waals surface area contributed by atoms with Crippen molar-refractivity contribution in [3.63, 3.8) is 0 Å². The Kier molecular flexibility index (Phi) is 7.20. The van der Waals surface area contributed by atoms with Crippen LogP contribution >= 0.6 is 11.8 Å². The maximum absolute atomic E-state index is 5.54. The van der Waals surface area contributed by atoms with Crippen LogP contribution in [0.1, 0.15) is 30.2 Å². The fourth-order valence-corrected chi connectivity index (χ4v) is 4.97. The van der Waals surface area contributed by atoms with Gasteiger partial charge in [0.25, 0.3) is 0 Å². The Morgan fingerprint density at radius 1 is 0.939 bits per heavy atom. The monoisotopic (exact) mass is 462 g/mol. The molecule has 0 amide bonds. The maximum Gasteiger partial charge on any atom is 0.122 e. The normalized spacial score (nSPS) is 12.3. The second kappa shape index (κ2) is 10.3. The maximum atomic E-state index is 5.54. The molecule has 33 heavy (non-hydrogen) atoms. The van der Waals surface area contributed by atoms with E-state index in [1.54, 1.807) is 18.9 Å². The van der Waals surface area contributed by atoms with Crippen molar-refractivity contribution in [1.82, 2.24) is 20.1 Å². The molecule has 0 aliphatic rings. The molecular weight excluding hydrogens is 432 g/mol. The van der Waals surface area contributed by atoms with Gasteiger partial charge in [-0.25, -0.2) is 0 Å².